The highest BCUT2D eigenvalue weighted by atomic mass is 16.3. The van der Waals surface area contributed by atoms with Gasteiger partial charge in [-0.2, -0.15) is 0 Å². The number of nitrogens with one attached hydrogen (secondary N) is 1. The van der Waals surface area contributed by atoms with Crippen LogP contribution in [0.5, 0.6) is 0 Å². The molecule has 0 bridgehead atoms. The Kier molecular flexibility index (Phi) is 51.9. The van der Waals surface area contributed by atoms with Crippen molar-refractivity contribution < 1.29 is 20.1 Å². The van der Waals surface area contributed by atoms with Crippen LogP contribution in [0.3, 0.4) is 0 Å². The smallest absolute Gasteiger partial charge is 0.220 e. The van der Waals surface area contributed by atoms with Crippen LogP contribution in [0.1, 0.15) is 322 Å². The Bertz CT molecular complexity index is 879. The van der Waals surface area contributed by atoms with Crippen LogP contribution in [0.2, 0.25) is 0 Å². The van der Waals surface area contributed by atoms with Gasteiger partial charge in [-0.1, -0.05) is 289 Å². The maximum Gasteiger partial charge on any atom is 0.220 e. The van der Waals surface area contributed by atoms with Crippen LogP contribution in [-0.2, 0) is 4.79 Å². The van der Waals surface area contributed by atoms with Gasteiger partial charge in [0.1, 0.15) is 6.10 Å². The van der Waals surface area contributed by atoms with Crippen molar-refractivity contribution in [2.24, 2.45) is 0 Å². The molecule has 0 aromatic heterocycles. The number of aliphatic hydroxyl groups is 3. The van der Waals surface area contributed by atoms with Crippen molar-refractivity contribution in [3.63, 3.8) is 0 Å². The molecule has 0 radical (unpaired) electrons. The molecule has 0 aliphatic rings. The van der Waals surface area contributed by atoms with Gasteiger partial charge in [-0.15, -0.1) is 0 Å². The number of aliphatic hydroxyl groups excluding tert-OH is 3. The van der Waals surface area contributed by atoms with Gasteiger partial charge in [-0.05, 0) is 38.5 Å². The van der Waals surface area contributed by atoms with Crippen LogP contribution in [0.15, 0.2) is 12.2 Å². The van der Waals surface area contributed by atoms with E-state index in [1.807, 2.05) is 0 Å². The fraction of sp³-hybridized carbons (Fsp3) is 0.947. The monoisotopic (exact) mass is 876 g/mol. The number of rotatable bonds is 53. The van der Waals surface area contributed by atoms with Gasteiger partial charge >= 0.3 is 0 Å². The first-order valence-corrected chi connectivity index (χ1v) is 28.5. The Morgan fingerprint density at radius 2 is 0.645 bits per heavy atom. The molecule has 62 heavy (non-hydrogen) atoms. The molecule has 0 aromatic rings. The minimum absolute atomic E-state index is 0.142. The Hall–Kier alpha value is -0.910. The lowest BCUT2D eigenvalue weighted by atomic mass is 9.99. The number of hydrogen-bond acceptors (Lipinski definition) is 4. The largest absolute Gasteiger partial charge is 0.394 e. The standard InChI is InChI=1S/C57H113NO4/c1-3-5-7-9-11-13-15-17-19-21-23-25-27-29-31-33-35-37-39-41-43-45-47-49-51-55(60)57(62)54(53-59)58-56(61)52-50-48-46-44-42-40-38-36-34-32-30-28-26-24-22-20-18-16-14-12-10-8-6-4-2/h30,32,54-55,57,59-60,62H,3-29,31,33-53H2,1-2H3,(H,58,61)/b32-30-. The van der Waals surface area contributed by atoms with E-state index in [1.165, 1.54) is 263 Å². The average Bonchev–Trinajstić information content (AvgIpc) is 3.28. The zero-order chi connectivity index (χ0) is 45.1. The summed E-state index contributed by atoms with van der Waals surface area (Å²) in [5.41, 5.74) is 0. The molecule has 5 nitrogen and oxygen atoms in total. The quantitative estimate of drug-likeness (QED) is 0.0362. The molecule has 0 saturated carbocycles. The second kappa shape index (κ2) is 52.7. The fourth-order valence-electron chi connectivity index (χ4n) is 9.22. The number of hydrogen-bond donors (Lipinski definition) is 4. The predicted octanol–water partition coefficient (Wildman–Crippen LogP) is 17.5. The van der Waals surface area contributed by atoms with Gasteiger partial charge < -0.3 is 20.6 Å². The summed E-state index contributed by atoms with van der Waals surface area (Å²) in [7, 11) is 0. The van der Waals surface area contributed by atoms with E-state index < -0.39 is 18.2 Å². The minimum Gasteiger partial charge on any atom is -0.394 e. The van der Waals surface area contributed by atoms with Crippen LogP contribution < -0.4 is 5.32 Å². The van der Waals surface area contributed by atoms with Gasteiger partial charge in [0.15, 0.2) is 0 Å². The summed E-state index contributed by atoms with van der Waals surface area (Å²) in [6, 6.07) is -0.809. The third-order valence-electron chi connectivity index (χ3n) is 13.6. The third kappa shape index (κ3) is 47.1. The lowest BCUT2D eigenvalue weighted by molar-refractivity contribution is -0.124. The summed E-state index contributed by atoms with van der Waals surface area (Å²) < 4.78 is 0. The van der Waals surface area contributed by atoms with Crippen molar-refractivity contribution >= 4 is 5.91 Å². The maximum absolute atomic E-state index is 12.5. The van der Waals surface area contributed by atoms with Crippen LogP contribution in [-0.4, -0.2) is 46.1 Å². The Morgan fingerprint density at radius 3 is 0.935 bits per heavy atom. The summed E-state index contributed by atoms with van der Waals surface area (Å²) in [5.74, 6) is -0.142. The van der Waals surface area contributed by atoms with Crippen molar-refractivity contribution in [1.29, 1.82) is 0 Å². The number of carbonyl (C=O) groups excluding carboxylic acids is 1. The average molecular weight is 877 g/mol. The Balaban J connectivity index is 3.52. The summed E-state index contributed by atoms with van der Waals surface area (Å²) >= 11 is 0. The topological polar surface area (TPSA) is 89.8 Å². The van der Waals surface area contributed by atoms with Crippen molar-refractivity contribution in [1.82, 2.24) is 5.32 Å². The molecule has 5 heteroatoms. The van der Waals surface area contributed by atoms with Crippen LogP contribution in [0.25, 0.3) is 0 Å². The van der Waals surface area contributed by atoms with Crippen LogP contribution in [0.4, 0.5) is 0 Å². The molecule has 0 rings (SSSR count). The van der Waals surface area contributed by atoms with E-state index in [1.54, 1.807) is 0 Å². The number of allylic oxidation sites excluding steroid dienone is 2. The zero-order valence-electron chi connectivity index (χ0n) is 42.3. The molecule has 0 spiro atoms. The number of carbonyl (C=O) groups is 1. The van der Waals surface area contributed by atoms with Crippen molar-refractivity contribution in [2.45, 2.75) is 340 Å². The van der Waals surface area contributed by atoms with Crippen LogP contribution in [0, 0.1) is 0 Å². The first-order valence-electron chi connectivity index (χ1n) is 28.5. The fourth-order valence-corrected chi connectivity index (χ4v) is 9.22. The van der Waals surface area contributed by atoms with E-state index in [0.29, 0.717) is 12.8 Å². The first kappa shape index (κ1) is 61.1. The van der Waals surface area contributed by atoms with E-state index in [2.05, 4.69) is 31.3 Å². The lowest BCUT2D eigenvalue weighted by Gasteiger charge is -2.26. The number of amides is 1. The normalized spacial score (nSPS) is 13.3. The van der Waals surface area contributed by atoms with Crippen molar-refractivity contribution in [3.8, 4) is 0 Å². The highest BCUT2D eigenvalue weighted by Crippen LogP contribution is 2.18. The van der Waals surface area contributed by atoms with Gasteiger partial charge in [0.25, 0.3) is 0 Å². The molecule has 3 unspecified atom stereocenters. The predicted molar refractivity (Wildman–Crippen MR) is 273 cm³/mol. The molecule has 370 valence electrons. The molecule has 1 amide bonds. The first-order chi connectivity index (χ1) is 30.6. The van der Waals surface area contributed by atoms with E-state index in [0.717, 1.165) is 32.1 Å². The summed E-state index contributed by atoms with van der Waals surface area (Å²) in [6.45, 7) is 4.22. The summed E-state index contributed by atoms with van der Waals surface area (Å²) in [4.78, 5) is 12.5. The van der Waals surface area contributed by atoms with Crippen molar-refractivity contribution in [3.05, 3.63) is 12.2 Å². The molecule has 4 N–H and O–H groups in total. The molecular formula is C57H113NO4. The second-order valence-electron chi connectivity index (χ2n) is 19.9. The second-order valence-corrected chi connectivity index (χ2v) is 19.9. The maximum atomic E-state index is 12.5. The Labute approximate surface area is 389 Å². The highest BCUT2D eigenvalue weighted by molar-refractivity contribution is 5.76. The molecule has 0 aromatic carbocycles. The molecule has 0 aliphatic heterocycles. The SMILES string of the molecule is CCCCCCCCCCCCCC/C=C\CCCCCCCCCCC(=O)NC(CO)C(O)C(O)CCCCCCCCCCCCCCCCCCCCCCCCCC. The van der Waals surface area contributed by atoms with Gasteiger partial charge in [-0.3, -0.25) is 4.79 Å². The third-order valence-corrected chi connectivity index (χ3v) is 13.6. The van der Waals surface area contributed by atoms with Crippen LogP contribution >= 0.6 is 0 Å². The number of unbranched alkanes of at least 4 members (excludes halogenated alkanes) is 43. The van der Waals surface area contributed by atoms with Gasteiger partial charge in [0.05, 0.1) is 18.8 Å². The summed E-state index contributed by atoms with van der Waals surface area (Å²) in [5, 5.41) is 33.8. The highest BCUT2D eigenvalue weighted by Gasteiger charge is 2.26. The van der Waals surface area contributed by atoms with E-state index >= 15 is 0 Å². The molecular weight excluding hydrogens is 763 g/mol. The lowest BCUT2D eigenvalue weighted by Crippen LogP contribution is -2.50. The van der Waals surface area contributed by atoms with Gasteiger partial charge in [0, 0.05) is 6.42 Å². The van der Waals surface area contributed by atoms with Crippen molar-refractivity contribution in [2.75, 3.05) is 6.61 Å². The summed E-state index contributed by atoms with van der Waals surface area (Å²) in [6.07, 6.45) is 65.1. The molecule has 0 saturated heterocycles. The van der Waals surface area contributed by atoms with Gasteiger partial charge in [-0.25, -0.2) is 0 Å². The van der Waals surface area contributed by atoms with Gasteiger partial charge in [0.2, 0.25) is 5.91 Å². The minimum atomic E-state index is -1.14. The van der Waals surface area contributed by atoms with E-state index in [4.69, 9.17) is 0 Å². The van der Waals surface area contributed by atoms with E-state index in [-0.39, 0.29) is 12.5 Å². The molecule has 0 heterocycles. The Morgan fingerprint density at radius 1 is 0.387 bits per heavy atom. The van der Waals surface area contributed by atoms with E-state index in [9.17, 15) is 20.1 Å². The molecule has 0 fully saturated rings. The zero-order valence-corrected chi connectivity index (χ0v) is 42.3. The molecule has 3 atom stereocenters. The molecule has 0 aliphatic carbocycles.